The molecule has 0 spiro atoms. The minimum absolute atomic E-state index is 0.626. The highest BCUT2D eigenvalue weighted by molar-refractivity contribution is 6.31. The number of piperidine rings is 1. The highest BCUT2D eigenvalue weighted by atomic mass is 15.2. The molecule has 66 valence electrons. The lowest BCUT2D eigenvalue weighted by atomic mass is 10.0. The Morgan fingerprint density at radius 2 is 1.69 bits per heavy atom. The smallest absolute Gasteiger partial charge is 0.225 e. The highest BCUT2D eigenvalue weighted by Crippen LogP contribution is 2.13. The van der Waals surface area contributed by atoms with E-state index in [1.165, 1.54) is 19.3 Å². The summed E-state index contributed by atoms with van der Waals surface area (Å²) in [5.41, 5.74) is 0.626. The van der Waals surface area contributed by atoms with Crippen LogP contribution in [-0.4, -0.2) is 30.9 Å². The molecule has 0 unspecified atom stereocenters. The first kappa shape index (κ1) is 8.54. The Morgan fingerprint density at radius 3 is 2.31 bits per heavy atom. The van der Waals surface area contributed by atoms with E-state index in [9.17, 15) is 0 Å². The van der Waals surface area contributed by atoms with Crippen LogP contribution in [0.15, 0.2) is 12.4 Å². The van der Waals surface area contributed by atoms with E-state index in [4.69, 9.17) is 7.85 Å². The lowest BCUT2D eigenvalue weighted by Crippen LogP contribution is -2.31. The van der Waals surface area contributed by atoms with E-state index < -0.39 is 0 Å². The number of nitrogens with zero attached hydrogens (tertiary/aromatic N) is 3. The van der Waals surface area contributed by atoms with Crippen molar-refractivity contribution in [3.05, 3.63) is 12.4 Å². The number of hydrogen-bond donors (Lipinski definition) is 0. The van der Waals surface area contributed by atoms with Crippen molar-refractivity contribution >= 4 is 19.3 Å². The molecule has 1 saturated heterocycles. The van der Waals surface area contributed by atoms with E-state index in [-0.39, 0.29) is 0 Å². The van der Waals surface area contributed by atoms with Crippen LogP contribution >= 0.6 is 0 Å². The third-order valence-corrected chi connectivity index (χ3v) is 2.30. The molecule has 3 nitrogen and oxygen atoms in total. The summed E-state index contributed by atoms with van der Waals surface area (Å²) < 4.78 is 0. The van der Waals surface area contributed by atoms with Crippen LogP contribution < -0.4 is 10.4 Å². The lowest BCUT2D eigenvalue weighted by molar-refractivity contribution is 0.568. The fraction of sp³-hybridized carbons (Fsp3) is 0.556. The van der Waals surface area contributed by atoms with Gasteiger partial charge in [-0.15, -0.1) is 0 Å². The highest BCUT2D eigenvalue weighted by Gasteiger charge is 2.12. The van der Waals surface area contributed by atoms with Gasteiger partial charge in [-0.2, -0.15) is 0 Å². The minimum atomic E-state index is 0.626. The fourth-order valence-electron chi connectivity index (χ4n) is 1.59. The van der Waals surface area contributed by atoms with Gasteiger partial charge < -0.3 is 4.90 Å². The van der Waals surface area contributed by atoms with Gasteiger partial charge in [-0.3, -0.25) is 0 Å². The molecule has 2 radical (unpaired) electrons. The Morgan fingerprint density at radius 1 is 1.08 bits per heavy atom. The van der Waals surface area contributed by atoms with Gasteiger partial charge in [0.05, 0.1) is 0 Å². The van der Waals surface area contributed by atoms with E-state index in [1.54, 1.807) is 12.4 Å². The van der Waals surface area contributed by atoms with E-state index in [1.807, 2.05) is 0 Å². The second-order valence-electron chi connectivity index (χ2n) is 3.36. The molecule has 1 aromatic rings. The van der Waals surface area contributed by atoms with Gasteiger partial charge in [0.2, 0.25) is 5.95 Å². The van der Waals surface area contributed by atoms with E-state index in [0.29, 0.717) is 5.46 Å². The summed E-state index contributed by atoms with van der Waals surface area (Å²) in [6.07, 6.45) is 7.14. The van der Waals surface area contributed by atoms with Crippen molar-refractivity contribution < 1.29 is 0 Å². The number of anilines is 1. The number of aromatic nitrogens is 2. The summed E-state index contributed by atoms with van der Waals surface area (Å²) in [7, 11) is 5.51. The first-order valence-corrected chi connectivity index (χ1v) is 4.69. The maximum atomic E-state index is 5.51. The third kappa shape index (κ3) is 2.00. The van der Waals surface area contributed by atoms with Crippen molar-refractivity contribution in [3.8, 4) is 0 Å². The molecule has 1 aromatic heterocycles. The Labute approximate surface area is 79.6 Å². The molecular formula is C9H12BN3. The van der Waals surface area contributed by atoms with Gasteiger partial charge in [0.25, 0.3) is 0 Å². The van der Waals surface area contributed by atoms with Crippen LogP contribution in [0.25, 0.3) is 0 Å². The zero-order chi connectivity index (χ0) is 9.10. The van der Waals surface area contributed by atoms with Crippen LogP contribution in [0, 0.1) is 0 Å². The van der Waals surface area contributed by atoms with Gasteiger partial charge in [-0.1, -0.05) is 5.46 Å². The quantitative estimate of drug-likeness (QED) is 0.570. The second-order valence-corrected chi connectivity index (χ2v) is 3.36. The average molecular weight is 173 g/mol. The number of rotatable bonds is 1. The van der Waals surface area contributed by atoms with Crippen molar-refractivity contribution in [2.75, 3.05) is 18.0 Å². The van der Waals surface area contributed by atoms with Gasteiger partial charge >= 0.3 is 0 Å². The van der Waals surface area contributed by atoms with Gasteiger partial charge in [-0.25, -0.2) is 9.97 Å². The standard InChI is InChI=1S/C9H12BN3/c10-8-6-11-9(12-7-8)13-4-2-1-3-5-13/h6-7H,1-5H2. The maximum absolute atomic E-state index is 5.51. The summed E-state index contributed by atoms with van der Waals surface area (Å²) in [6, 6.07) is 0. The predicted octanol–water partition coefficient (Wildman–Crippen LogP) is 0.261. The minimum Gasteiger partial charge on any atom is -0.341 e. The van der Waals surface area contributed by atoms with Crippen LogP contribution in [0.4, 0.5) is 5.95 Å². The van der Waals surface area contributed by atoms with Crippen LogP contribution in [0.5, 0.6) is 0 Å². The molecule has 1 aliphatic rings. The zero-order valence-electron chi connectivity index (χ0n) is 7.61. The monoisotopic (exact) mass is 173 g/mol. The molecule has 2 rings (SSSR count). The molecule has 13 heavy (non-hydrogen) atoms. The molecule has 0 bridgehead atoms. The van der Waals surface area contributed by atoms with Crippen LogP contribution in [0.1, 0.15) is 19.3 Å². The van der Waals surface area contributed by atoms with Gasteiger partial charge in [0.1, 0.15) is 7.85 Å². The third-order valence-electron chi connectivity index (χ3n) is 2.30. The Bertz CT molecular complexity index is 267. The molecule has 0 amide bonds. The van der Waals surface area contributed by atoms with Crippen molar-refractivity contribution in [2.45, 2.75) is 19.3 Å². The second kappa shape index (κ2) is 3.77. The van der Waals surface area contributed by atoms with E-state index in [2.05, 4.69) is 14.9 Å². The summed E-state index contributed by atoms with van der Waals surface area (Å²) in [4.78, 5) is 10.6. The fourth-order valence-corrected chi connectivity index (χ4v) is 1.59. The molecule has 0 aromatic carbocycles. The van der Waals surface area contributed by atoms with Crippen molar-refractivity contribution in [1.29, 1.82) is 0 Å². The van der Waals surface area contributed by atoms with E-state index >= 15 is 0 Å². The molecule has 1 fully saturated rings. The largest absolute Gasteiger partial charge is 0.341 e. The zero-order valence-corrected chi connectivity index (χ0v) is 7.61. The molecular weight excluding hydrogens is 161 g/mol. The molecule has 2 heterocycles. The molecule has 1 aliphatic heterocycles. The van der Waals surface area contributed by atoms with Crippen LogP contribution in [0.2, 0.25) is 0 Å². The van der Waals surface area contributed by atoms with E-state index in [0.717, 1.165) is 19.0 Å². The average Bonchev–Trinajstić information content (AvgIpc) is 2.20. The van der Waals surface area contributed by atoms with Crippen LogP contribution in [-0.2, 0) is 0 Å². The Hall–Kier alpha value is -1.06. The molecule has 0 aliphatic carbocycles. The first-order chi connectivity index (χ1) is 6.36. The molecule has 0 saturated carbocycles. The maximum Gasteiger partial charge on any atom is 0.225 e. The molecule has 0 N–H and O–H groups in total. The van der Waals surface area contributed by atoms with Gasteiger partial charge in [-0.05, 0) is 19.3 Å². The summed E-state index contributed by atoms with van der Waals surface area (Å²) in [6.45, 7) is 2.15. The van der Waals surface area contributed by atoms with Gasteiger partial charge in [0.15, 0.2) is 0 Å². The summed E-state index contributed by atoms with van der Waals surface area (Å²) >= 11 is 0. The number of hydrogen-bond acceptors (Lipinski definition) is 3. The SMILES string of the molecule is [B]c1cnc(N2CCCCC2)nc1. The Kier molecular flexibility index (Phi) is 2.48. The lowest BCUT2D eigenvalue weighted by Gasteiger charge is -2.26. The summed E-state index contributed by atoms with van der Waals surface area (Å²) in [5.74, 6) is 0.814. The van der Waals surface area contributed by atoms with Crippen molar-refractivity contribution in [2.24, 2.45) is 0 Å². The predicted molar refractivity (Wildman–Crippen MR) is 53.5 cm³/mol. The molecule has 4 heteroatoms. The summed E-state index contributed by atoms with van der Waals surface area (Å²) in [5, 5.41) is 0. The van der Waals surface area contributed by atoms with Crippen LogP contribution in [0.3, 0.4) is 0 Å². The topological polar surface area (TPSA) is 29.0 Å². The van der Waals surface area contributed by atoms with Crippen molar-refractivity contribution in [3.63, 3.8) is 0 Å². The van der Waals surface area contributed by atoms with Crippen molar-refractivity contribution in [1.82, 2.24) is 9.97 Å². The molecule has 0 atom stereocenters. The van der Waals surface area contributed by atoms with Gasteiger partial charge in [0, 0.05) is 25.5 Å². The Balaban J connectivity index is 2.10. The first-order valence-electron chi connectivity index (χ1n) is 4.69. The normalized spacial score (nSPS) is 17.4.